The summed E-state index contributed by atoms with van der Waals surface area (Å²) in [4.78, 5) is 15.9. The number of piperazine rings is 1. The number of nitrogens with zero attached hydrogens (tertiary/aromatic N) is 5. The number of aromatic nitrogens is 1. The molecule has 2 rings (SSSR count). The first-order valence-electron chi connectivity index (χ1n) is 10.0. The smallest absolute Gasteiger partial charge is 0.193 e. The van der Waals surface area contributed by atoms with Crippen molar-refractivity contribution >= 4 is 35.8 Å². The first-order chi connectivity index (χ1) is 13.1. The van der Waals surface area contributed by atoms with E-state index in [4.69, 9.17) is 0 Å². The van der Waals surface area contributed by atoms with Crippen molar-refractivity contribution in [1.82, 2.24) is 20.1 Å². The summed E-state index contributed by atoms with van der Waals surface area (Å²) in [7, 11) is 6.12. The molecular formula is C21H37IN6. The normalized spacial score (nSPS) is 15.1. The summed E-state index contributed by atoms with van der Waals surface area (Å²) in [6.07, 6.45) is 8.63. The van der Waals surface area contributed by atoms with E-state index in [1.54, 1.807) is 0 Å². The fourth-order valence-corrected chi connectivity index (χ4v) is 3.27. The van der Waals surface area contributed by atoms with E-state index in [-0.39, 0.29) is 24.0 Å². The van der Waals surface area contributed by atoms with Gasteiger partial charge >= 0.3 is 0 Å². The number of likely N-dealkylation sites (N-methyl/N-ethyl adjacent to an activating group) is 1. The third-order valence-electron chi connectivity index (χ3n) is 5.06. The predicted octanol–water partition coefficient (Wildman–Crippen LogP) is 3.21. The molecule has 1 aromatic heterocycles. The van der Waals surface area contributed by atoms with Crippen LogP contribution < -0.4 is 10.2 Å². The Morgan fingerprint density at radius 3 is 2.71 bits per heavy atom. The molecule has 1 saturated heterocycles. The van der Waals surface area contributed by atoms with Gasteiger partial charge in [-0.2, -0.15) is 0 Å². The average Bonchev–Trinajstić information content (AvgIpc) is 2.69. The number of pyridine rings is 1. The van der Waals surface area contributed by atoms with Gasteiger partial charge in [0.05, 0.1) is 0 Å². The molecule has 0 saturated carbocycles. The molecule has 0 aromatic carbocycles. The SMILES string of the molecule is C=CCCCCCN(C)C(=NC)NCc1ccnc(N2CCN(C)CC2)c1.I. The summed E-state index contributed by atoms with van der Waals surface area (Å²) in [6, 6.07) is 4.27. The molecule has 0 amide bonds. The van der Waals surface area contributed by atoms with Crippen LogP contribution in [0.2, 0.25) is 0 Å². The van der Waals surface area contributed by atoms with E-state index in [1.165, 1.54) is 24.8 Å². The number of anilines is 1. The molecule has 0 atom stereocenters. The Morgan fingerprint density at radius 2 is 2.04 bits per heavy atom. The number of unbranched alkanes of at least 4 members (excludes halogenated alkanes) is 3. The van der Waals surface area contributed by atoms with Crippen LogP contribution in [0.3, 0.4) is 0 Å². The molecule has 2 heterocycles. The van der Waals surface area contributed by atoms with E-state index in [2.05, 4.69) is 62.8 Å². The molecule has 1 aromatic rings. The Bertz CT molecular complexity index is 598. The lowest BCUT2D eigenvalue weighted by Gasteiger charge is -2.33. The van der Waals surface area contributed by atoms with Crippen LogP contribution in [-0.2, 0) is 6.54 Å². The molecule has 0 spiro atoms. The first kappa shape index (κ1) is 24.7. The van der Waals surface area contributed by atoms with Crippen molar-refractivity contribution in [2.24, 2.45) is 4.99 Å². The lowest BCUT2D eigenvalue weighted by molar-refractivity contribution is 0.312. The molecule has 1 aliphatic heterocycles. The lowest BCUT2D eigenvalue weighted by Crippen LogP contribution is -2.44. The Balaban J connectivity index is 0.00000392. The van der Waals surface area contributed by atoms with Gasteiger partial charge in [-0.25, -0.2) is 4.98 Å². The Kier molecular flexibility index (Phi) is 12.1. The summed E-state index contributed by atoms with van der Waals surface area (Å²) < 4.78 is 0. The van der Waals surface area contributed by atoms with Crippen LogP contribution in [0.15, 0.2) is 36.0 Å². The van der Waals surface area contributed by atoms with Crippen LogP contribution in [0, 0.1) is 0 Å². The molecule has 1 aliphatic rings. The number of halogens is 1. The molecule has 1 fully saturated rings. The number of aliphatic imine (C=N–C) groups is 1. The van der Waals surface area contributed by atoms with Gasteiger partial charge in [-0.3, -0.25) is 4.99 Å². The summed E-state index contributed by atoms with van der Waals surface area (Å²) in [5, 5.41) is 3.48. The van der Waals surface area contributed by atoms with Gasteiger partial charge in [-0.1, -0.05) is 12.5 Å². The van der Waals surface area contributed by atoms with Gasteiger partial charge < -0.3 is 20.0 Å². The average molecular weight is 500 g/mol. The van der Waals surface area contributed by atoms with Crippen molar-refractivity contribution in [2.75, 3.05) is 58.8 Å². The van der Waals surface area contributed by atoms with Crippen LogP contribution in [0.4, 0.5) is 5.82 Å². The molecule has 0 unspecified atom stereocenters. The van der Waals surface area contributed by atoms with Crippen molar-refractivity contribution in [3.63, 3.8) is 0 Å². The Morgan fingerprint density at radius 1 is 1.29 bits per heavy atom. The van der Waals surface area contributed by atoms with E-state index in [9.17, 15) is 0 Å². The number of hydrogen-bond acceptors (Lipinski definition) is 4. The van der Waals surface area contributed by atoms with Crippen molar-refractivity contribution in [3.05, 3.63) is 36.5 Å². The maximum absolute atomic E-state index is 4.57. The van der Waals surface area contributed by atoms with Crippen LogP contribution in [0.5, 0.6) is 0 Å². The molecule has 1 N–H and O–H groups in total. The molecule has 158 valence electrons. The quantitative estimate of drug-likeness (QED) is 0.186. The molecular weight excluding hydrogens is 463 g/mol. The number of allylic oxidation sites excluding steroid dienone is 1. The third-order valence-corrected chi connectivity index (χ3v) is 5.06. The zero-order valence-corrected chi connectivity index (χ0v) is 20.1. The fraction of sp³-hybridized carbons (Fsp3) is 0.619. The zero-order valence-electron chi connectivity index (χ0n) is 17.7. The van der Waals surface area contributed by atoms with Gasteiger partial charge in [0.2, 0.25) is 0 Å². The lowest BCUT2D eigenvalue weighted by atomic mass is 10.2. The number of hydrogen-bond donors (Lipinski definition) is 1. The Hall–Kier alpha value is -1.35. The van der Waals surface area contributed by atoms with Gasteiger partial charge in [0.25, 0.3) is 0 Å². The van der Waals surface area contributed by atoms with Gasteiger partial charge in [0.15, 0.2) is 5.96 Å². The summed E-state index contributed by atoms with van der Waals surface area (Å²) >= 11 is 0. The maximum Gasteiger partial charge on any atom is 0.193 e. The number of guanidine groups is 1. The molecule has 0 radical (unpaired) electrons. The largest absolute Gasteiger partial charge is 0.354 e. The van der Waals surface area contributed by atoms with Crippen molar-refractivity contribution in [3.8, 4) is 0 Å². The van der Waals surface area contributed by atoms with Crippen molar-refractivity contribution < 1.29 is 0 Å². The van der Waals surface area contributed by atoms with Crippen LogP contribution in [0.25, 0.3) is 0 Å². The minimum absolute atomic E-state index is 0. The topological polar surface area (TPSA) is 47.0 Å². The second-order valence-electron chi connectivity index (χ2n) is 7.27. The highest BCUT2D eigenvalue weighted by molar-refractivity contribution is 14.0. The van der Waals surface area contributed by atoms with E-state index in [0.29, 0.717) is 0 Å². The summed E-state index contributed by atoms with van der Waals surface area (Å²) in [5.41, 5.74) is 1.24. The van der Waals surface area contributed by atoms with Gasteiger partial charge in [-0.15, -0.1) is 30.6 Å². The van der Waals surface area contributed by atoms with Gasteiger partial charge in [0.1, 0.15) is 5.82 Å². The minimum Gasteiger partial charge on any atom is -0.354 e. The third kappa shape index (κ3) is 8.34. The van der Waals surface area contributed by atoms with Crippen molar-refractivity contribution in [2.45, 2.75) is 32.2 Å². The summed E-state index contributed by atoms with van der Waals surface area (Å²) in [5.74, 6) is 2.02. The highest BCUT2D eigenvalue weighted by Crippen LogP contribution is 2.14. The molecule has 6 nitrogen and oxygen atoms in total. The fourth-order valence-electron chi connectivity index (χ4n) is 3.27. The molecule has 0 aliphatic carbocycles. The van der Waals surface area contributed by atoms with Crippen LogP contribution in [-0.4, -0.2) is 74.6 Å². The number of nitrogens with one attached hydrogen (secondary N) is 1. The van der Waals surface area contributed by atoms with Gasteiger partial charge in [-0.05, 0) is 44.0 Å². The van der Waals surface area contributed by atoms with E-state index < -0.39 is 0 Å². The summed E-state index contributed by atoms with van der Waals surface area (Å²) in [6.45, 7) is 9.81. The van der Waals surface area contributed by atoms with E-state index in [1.807, 2.05) is 19.3 Å². The highest BCUT2D eigenvalue weighted by atomic mass is 127. The van der Waals surface area contributed by atoms with E-state index >= 15 is 0 Å². The second kappa shape index (κ2) is 13.8. The Labute approximate surface area is 188 Å². The zero-order chi connectivity index (χ0) is 19.5. The van der Waals surface area contributed by atoms with E-state index in [0.717, 1.165) is 57.5 Å². The first-order valence-corrected chi connectivity index (χ1v) is 10.0. The van der Waals surface area contributed by atoms with Crippen LogP contribution in [0.1, 0.15) is 31.2 Å². The van der Waals surface area contributed by atoms with Crippen molar-refractivity contribution in [1.29, 1.82) is 0 Å². The molecule has 28 heavy (non-hydrogen) atoms. The molecule has 7 heteroatoms. The van der Waals surface area contributed by atoms with Crippen LogP contribution >= 0.6 is 24.0 Å². The predicted molar refractivity (Wildman–Crippen MR) is 131 cm³/mol. The second-order valence-corrected chi connectivity index (χ2v) is 7.27. The molecule has 0 bridgehead atoms. The highest BCUT2D eigenvalue weighted by Gasteiger charge is 2.15. The standard InChI is InChI=1S/C21H36N6.HI/c1-5-6-7-8-9-12-26(4)21(22-2)24-18-19-10-11-23-20(17-19)27-15-13-25(3)14-16-27;/h5,10-11,17H,1,6-9,12-16,18H2,2-4H3,(H,22,24);1H. The van der Waals surface area contributed by atoms with Gasteiger partial charge in [0, 0.05) is 59.6 Å². The monoisotopic (exact) mass is 500 g/mol. The number of rotatable bonds is 9. The maximum atomic E-state index is 4.57. The minimum atomic E-state index is 0.